The Balaban J connectivity index is 2.09. The van der Waals surface area contributed by atoms with Crippen LogP contribution in [0.3, 0.4) is 0 Å². The first-order valence-corrected chi connectivity index (χ1v) is 7.08. The van der Waals surface area contributed by atoms with Crippen LogP contribution in [0.4, 0.5) is 0 Å². The number of nitrogens with zero attached hydrogens (tertiary/aromatic N) is 2. The summed E-state index contributed by atoms with van der Waals surface area (Å²) in [6.45, 7) is 5.41. The summed E-state index contributed by atoms with van der Waals surface area (Å²) in [5.41, 5.74) is -0.293. The van der Waals surface area contributed by atoms with Crippen molar-refractivity contribution >= 4 is 5.91 Å². The van der Waals surface area contributed by atoms with Gasteiger partial charge >= 0.3 is 0 Å². The number of aromatic nitrogens is 2. The van der Waals surface area contributed by atoms with Crippen molar-refractivity contribution in [2.45, 2.75) is 39.2 Å². The van der Waals surface area contributed by atoms with Crippen LogP contribution in [0.2, 0.25) is 0 Å². The molecular weight excluding hydrogens is 258 g/mol. The van der Waals surface area contributed by atoms with Gasteiger partial charge in [-0.3, -0.25) is 9.59 Å². The highest BCUT2D eigenvalue weighted by Gasteiger charge is 2.23. The minimum atomic E-state index is -0.384. The molecule has 2 heterocycles. The molecule has 1 amide bonds. The number of amides is 1. The number of aryl methyl sites for hydroxylation is 1. The van der Waals surface area contributed by atoms with Gasteiger partial charge in [-0.05, 0) is 33.1 Å². The Kier molecular flexibility index (Phi) is 4.89. The van der Waals surface area contributed by atoms with Crippen LogP contribution in [-0.2, 0) is 4.74 Å². The number of hydrogen-bond donors (Lipinski definition) is 1. The molecule has 0 spiro atoms. The van der Waals surface area contributed by atoms with Gasteiger partial charge in [0, 0.05) is 25.9 Å². The van der Waals surface area contributed by atoms with Crippen molar-refractivity contribution in [2.75, 3.05) is 19.7 Å². The zero-order chi connectivity index (χ0) is 14.5. The number of carbonyl (C=O) groups excluding carboxylic acids is 1. The lowest BCUT2D eigenvalue weighted by atomic mass is 10.1. The fraction of sp³-hybridized carbons (Fsp3) is 0.643. The molecular formula is C14H21N3O3. The predicted molar refractivity (Wildman–Crippen MR) is 74.8 cm³/mol. The van der Waals surface area contributed by atoms with E-state index in [4.69, 9.17) is 4.74 Å². The molecule has 1 aromatic rings. The third kappa shape index (κ3) is 3.45. The summed E-state index contributed by atoms with van der Waals surface area (Å²) in [5, 5.41) is 0. The molecule has 1 N–H and O–H groups in total. The first-order chi connectivity index (χ1) is 9.61. The number of likely N-dealkylation sites (N-methyl/N-ethyl adjacent to an activating group) is 1. The van der Waals surface area contributed by atoms with Crippen molar-refractivity contribution in [3.8, 4) is 0 Å². The first kappa shape index (κ1) is 14.7. The predicted octanol–water partition coefficient (Wildman–Crippen LogP) is 1.11. The second kappa shape index (κ2) is 6.65. The molecule has 1 fully saturated rings. The van der Waals surface area contributed by atoms with E-state index < -0.39 is 0 Å². The van der Waals surface area contributed by atoms with Gasteiger partial charge in [0.2, 0.25) is 0 Å². The van der Waals surface area contributed by atoms with Crippen LogP contribution in [0.1, 0.15) is 42.4 Å². The van der Waals surface area contributed by atoms with E-state index in [2.05, 4.69) is 9.97 Å². The van der Waals surface area contributed by atoms with E-state index in [1.54, 1.807) is 11.8 Å². The second-order valence-corrected chi connectivity index (χ2v) is 5.04. The fourth-order valence-electron chi connectivity index (χ4n) is 2.36. The summed E-state index contributed by atoms with van der Waals surface area (Å²) in [7, 11) is 0. The number of ether oxygens (including phenoxy) is 1. The van der Waals surface area contributed by atoms with Crippen LogP contribution in [-0.4, -0.2) is 46.6 Å². The van der Waals surface area contributed by atoms with E-state index in [0.717, 1.165) is 25.9 Å². The maximum Gasteiger partial charge on any atom is 0.263 e. The Morgan fingerprint density at radius 1 is 1.55 bits per heavy atom. The molecule has 1 saturated heterocycles. The molecule has 1 aromatic heterocycles. The highest BCUT2D eigenvalue weighted by molar-refractivity contribution is 5.93. The molecule has 1 aliphatic rings. The van der Waals surface area contributed by atoms with Crippen molar-refractivity contribution in [2.24, 2.45) is 0 Å². The Labute approximate surface area is 118 Å². The average molecular weight is 279 g/mol. The highest BCUT2D eigenvalue weighted by atomic mass is 16.5. The number of H-pyrrole nitrogens is 1. The molecule has 2 rings (SSSR count). The molecule has 0 saturated carbocycles. The summed E-state index contributed by atoms with van der Waals surface area (Å²) in [6, 6.07) is 0. The van der Waals surface area contributed by atoms with E-state index >= 15 is 0 Å². The van der Waals surface area contributed by atoms with E-state index in [9.17, 15) is 9.59 Å². The average Bonchev–Trinajstić information content (AvgIpc) is 2.45. The lowest BCUT2D eigenvalue weighted by Crippen LogP contribution is -2.41. The first-order valence-electron chi connectivity index (χ1n) is 7.08. The molecule has 20 heavy (non-hydrogen) atoms. The van der Waals surface area contributed by atoms with Crippen LogP contribution in [0, 0.1) is 6.92 Å². The Morgan fingerprint density at radius 3 is 2.95 bits per heavy atom. The maximum atomic E-state index is 12.4. The van der Waals surface area contributed by atoms with Gasteiger partial charge in [-0.1, -0.05) is 0 Å². The molecule has 1 aliphatic heterocycles. The lowest BCUT2D eigenvalue weighted by Gasteiger charge is -2.29. The van der Waals surface area contributed by atoms with Gasteiger partial charge in [0.1, 0.15) is 11.4 Å². The van der Waals surface area contributed by atoms with E-state index in [0.29, 0.717) is 18.9 Å². The monoisotopic (exact) mass is 279 g/mol. The van der Waals surface area contributed by atoms with Gasteiger partial charge in [0.25, 0.3) is 11.5 Å². The summed E-state index contributed by atoms with van der Waals surface area (Å²) >= 11 is 0. The Morgan fingerprint density at radius 2 is 2.35 bits per heavy atom. The summed E-state index contributed by atoms with van der Waals surface area (Å²) in [4.78, 5) is 32.4. The smallest absolute Gasteiger partial charge is 0.263 e. The van der Waals surface area contributed by atoms with E-state index in [1.807, 2.05) is 6.92 Å². The topological polar surface area (TPSA) is 75.3 Å². The third-order valence-electron chi connectivity index (χ3n) is 3.52. The summed E-state index contributed by atoms with van der Waals surface area (Å²) in [5.74, 6) is 0.223. The third-order valence-corrected chi connectivity index (χ3v) is 3.52. The number of hydrogen-bond acceptors (Lipinski definition) is 4. The molecule has 0 unspecified atom stereocenters. The molecule has 0 aromatic carbocycles. The number of aromatic amines is 1. The zero-order valence-corrected chi connectivity index (χ0v) is 12.0. The maximum absolute atomic E-state index is 12.4. The lowest BCUT2D eigenvalue weighted by molar-refractivity contribution is -0.00316. The number of rotatable bonds is 4. The van der Waals surface area contributed by atoms with Gasteiger partial charge in [-0.2, -0.15) is 0 Å². The van der Waals surface area contributed by atoms with Crippen molar-refractivity contribution in [3.63, 3.8) is 0 Å². The van der Waals surface area contributed by atoms with Crippen LogP contribution in [0.15, 0.2) is 11.0 Å². The Bertz CT molecular complexity index is 521. The van der Waals surface area contributed by atoms with E-state index in [-0.39, 0.29) is 23.1 Å². The normalized spacial score (nSPS) is 18.8. The molecule has 0 aliphatic carbocycles. The zero-order valence-electron chi connectivity index (χ0n) is 12.0. The van der Waals surface area contributed by atoms with Crippen LogP contribution >= 0.6 is 0 Å². The van der Waals surface area contributed by atoms with Gasteiger partial charge in [0.15, 0.2) is 0 Å². The molecule has 6 nitrogen and oxygen atoms in total. The summed E-state index contributed by atoms with van der Waals surface area (Å²) in [6.07, 6.45) is 4.60. The van der Waals surface area contributed by atoms with Gasteiger partial charge in [-0.25, -0.2) is 4.98 Å². The van der Waals surface area contributed by atoms with Crippen LogP contribution in [0.25, 0.3) is 0 Å². The molecule has 0 radical (unpaired) electrons. The van der Waals surface area contributed by atoms with Crippen molar-refractivity contribution in [1.82, 2.24) is 14.9 Å². The minimum absolute atomic E-state index is 0.0742. The van der Waals surface area contributed by atoms with Crippen molar-refractivity contribution in [1.29, 1.82) is 0 Å². The fourth-order valence-corrected chi connectivity index (χ4v) is 2.36. The van der Waals surface area contributed by atoms with Gasteiger partial charge in [-0.15, -0.1) is 0 Å². The minimum Gasteiger partial charge on any atom is -0.376 e. The quantitative estimate of drug-likeness (QED) is 0.896. The second-order valence-electron chi connectivity index (χ2n) is 5.04. The van der Waals surface area contributed by atoms with Gasteiger partial charge in [0.05, 0.1) is 6.10 Å². The van der Waals surface area contributed by atoms with E-state index in [1.165, 1.54) is 6.20 Å². The molecule has 6 heteroatoms. The number of nitrogens with one attached hydrogen (secondary N) is 1. The largest absolute Gasteiger partial charge is 0.376 e. The molecule has 1 atom stereocenters. The van der Waals surface area contributed by atoms with Crippen LogP contribution in [0.5, 0.6) is 0 Å². The highest BCUT2D eigenvalue weighted by Crippen LogP contribution is 2.14. The Hall–Kier alpha value is -1.69. The molecule has 0 bridgehead atoms. The standard InChI is InChI=1S/C14H21N3O3/c1-3-17(9-11-6-4-5-7-20-11)14(19)12-8-15-10(2)16-13(12)18/h8,11H,3-7,9H2,1-2H3,(H,15,16,18)/t11-/m1/s1. The van der Waals surface area contributed by atoms with Crippen molar-refractivity contribution in [3.05, 3.63) is 27.9 Å². The molecule has 110 valence electrons. The SMILES string of the molecule is CCN(C[C@H]1CCCCO1)C(=O)c1cnc(C)[nH]c1=O. The number of carbonyl (C=O) groups is 1. The summed E-state index contributed by atoms with van der Waals surface area (Å²) < 4.78 is 5.65. The van der Waals surface area contributed by atoms with Gasteiger partial charge < -0.3 is 14.6 Å². The van der Waals surface area contributed by atoms with Crippen LogP contribution < -0.4 is 5.56 Å². The van der Waals surface area contributed by atoms with Crippen molar-refractivity contribution < 1.29 is 9.53 Å².